The number of nitrogens with zero attached hydrogens (tertiary/aromatic N) is 1. The van der Waals surface area contributed by atoms with E-state index in [2.05, 4.69) is 39.3 Å². The van der Waals surface area contributed by atoms with E-state index in [9.17, 15) is 0 Å². The predicted molar refractivity (Wildman–Crippen MR) is 73.2 cm³/mol. The molecule has 3 heterocycles. The van der Waals surface area contributed by atoms with Crippen LogP contribution in [0.15, 0.2) is 24.5 Å². The Labute approximate surface area is 105 Å². The number of pyridine rings is 1. The third kappa shape index (κ3) is 2.48. The van der Waals surface area contributed by atoms with E-state index in [1.165, 1.54) is 28.9 Å². The summed E-state index contributed by atoms with van der Waals surface area (Å²) in [5, 5.41) is 4.80. The Kier molecular flexibility index (Phi) is 3.34. The summed E-state index contributed by atoms with van der Waals surface area (Å²) in [7, 11) is 0. The number of aromatic nitrogens is 2. The SMILES string of the molecule is c1cnc2[nH]cc(CNCC3CCSC3)c2c1. The van der Waals surface area contributed by atoms with Crippen molar-refractivity contribution in [3.63, 3.8) is 0 Å². The van der Waals surface area contributed by atoms with Gasteiger partial charge in [0.25, 0.3) is 0 Å². The van der Waals surface area contributed by atoms with E-state index in [4.69, 9.17) is 0 Å². The van der Waals surface area contributed by atoms with Crippen LogP contribution in [0.1, 0.15) is 12.0 Å². The van der Waals surface area contributed by atoms with E-state index in [0.717, 1.165) is 24.7 Å². The van der Waals surface area contributed by atoms with Crippen LogP contribution >= 0.6 is 11.8 Å². The van der Waals surface area contributed by atoms with Gasteiger partial charge in [-0.15, -0.1) is 0 Å². The van der Waals surface area contributed by atoms with Gasteiger partial charge in [-0.2, -0.15) is 11.8 Å². The molecule has 1 unspecified atom stereocenters. The standard InChI is InChI=1S/C13H17N3S/c1-2-12-11(8-16-13(12)15-4-1)7-14-6-10-3-5-17-9-10/h1-2,4,8,10,14H,3,5-7,9H2,(H,15,16). The Morgan fingerprint density at radius 2 is 2.53 bits per heavy atom. The summed E-state index contributed by atoms with van der Waals surface area (Å²) < 4.78 is 0. The first-order chi connectivity index (χ1) is 8.43. The quantitative estimate of drug-likeness (QED) is 0.871. The van der Waals surface area contributed by atoms with Crippen LogP contribution in [0.2, 0.25) is 0 Å². The molecule has 2 aromatic heterocycles. The lowest BCUT2D eigenvalue weighted by atomic mass is 10.1. The molecule has 3 nitrogen and oxygen atoms in total. The van der Waals surface area contributed by atoms with Gasteiger partial charge >= 0.3 is 0 Å². The molecule has 0 saturated carbocycles. The van der Waals surface area contributed by atoms with Gasteiger partial charge in [0, 0.05) is 24.3 Å². The largest absolute Gasteiger partial charge is 0.346 e. The second-order valence-electron chi connectivity index (χ2n) is 4.57. The van der Waals surface area contributed by atoms with Crippen molar-refractivity contribution in [2.45, 2.75) is 13.0 Å². The van der Waals surface area contributed by atoms with Crippen molar-refractivity contribution in [2.75, 3.05) is 18.1 Å². The van der Waals surface area contributed by atoms with E-state index in [1.807, 2.05) is 12.3 Å². The number of thioether (sulfide) groups is 1. The van der Waals surface area contributed by atoms with Crippen LogP contribution in [0.25, 0.3) is 11.0 Å². The zero-order valence-corrected chi connectivity index (χ0v) is 10.6. The van der Waals surface area contributed by atoms with Crippen molar-refractivity contribution in [2.24, 2.45) is 5.92 Å². The molecule has 0 aliphatic carbocycles. The fourth-order valence-electron chi connectivity index (χ4n) is 2.31. The summed E-state index contributed by atoms with van der Waals surface area (Å²) in [6.45, 7) is 2.08. The van der Waals surface area contributed by atoms with Gasteiger partial charge in [-0.3, -0.25) is 0 Å². The van der Waals surface area contributed by atoms with Crippen LogP contribution in [-0.4, -0.2) is 28.0 Å². The summed E-state index contributed by atoms with van der Waals surface area (Å²) in [6.07, 6.45) is 5.26. The third-order valence-electron chi connectivity index (χ3n) is 3.31. The number of aromatic amines is 1. The summed E-state index contributed by atoms with van der Waals surface area (Å²) in [6, 6.07) is 4.12. The zero-order valence-electron chi connectivity index (χ0n) is 9.78. The van der Waals surface area contributed by atoms with Crippen LogP contribution in [0.5, 0.6) is 0 Å². The zero-order chi connectivity index (χ0) is 11.5. The number of hydrogen-bond acceptors (Lipinski definition) is 3. The first kappa shape index (κ1) is 11.1. The molecule has 4 heteroatoms. The molecule has 17 heavy (non-hydrogen) atoms. The molecule has 0 radical (unpaired) electrons. The Morgan fingerprint density at radius 1 is 1.53 bits per heavy atom. The normalized spacial score (nSPS) is 20.1. The van der Waals surface area contributed by atoms with E-state index in [-0.39, 0.29) is 0 Å². The van der Waals surface area contributed by atoms with Crippen molar-refractivity contribution in [3.05, 3.63) is 30.1 Å². The Morgan fingerprint density at radius 3 is 3.41 bits per heavy atom. The number of rotatable bonds is 4. The molecule has 0 bridgehead atoms. The maximum absolute atomic E-state index is 4.30. The van der Waals surface area contributed by atoms with E-state index >= 15 is 0 Å². The number of nitrogens with one attached hydrogen (secondary N) is 2. The van der Waals surface area contributed by atoms with E-state index in [1.54, 1.807) is 0 Å². The average Bonchev–Trinajstić information content (AvgIpc) is 2.99. The highest BCUT2D eigenvalue weighted by molar-refractivity contribution is 7.99. The van der Waals surface area contributed by atoms with Crippen molar-refractivity contribution < 1.29 is 0 Å². The average molecular weight is 247 g/mol. The minimum atomic E-state index is 0.864. The highest BCUT2D eigenvalue weighted by atomic mass is 32.2. The Bertz CT molecular complexity index is 488. The van der Waals surface area contributed by atoms with Crippen LogP contribution in [0.4, 0.5) is 0 Å². The molecular formula is C13H17N3S. The summed E-state index contributed by atoms with van der Waals surface area (Å²) >= 11 is 2.08. The second kappa shape index (κ2) is 5.10. The van der Waals surface area contributed by atoms with Crippen LogP contribution in [-0.2, 0) is 6.54 Å². The lowest BCUT2D eigenvalue weighted by Gasteiger charge is -2.09. The maximum Gasteiger partial charge on any atom is 0.137 e. The minimum absolute atomic E-state index is 0.864. The first-order valence-corrected chi connectivity index (χ1v) is 7.28. The number of H-pyrrole nitrogens is 1. The smallest absolute Gasteiger partial charge is 0.137 e. The molecule has 0 amide bonds. The van der Waals surface area contributed by atoms with Gasteiger partial charge in [0.2, 0.25) is 0 Å². The molecule has 2 aromatic rings. The Hall–Kier alpha value is -1.00. The molecule has 2 N–H and O–H groups in total. The van der Waals surface area contributed by atoms with Gasteiger partial charge < -0.3 is 10.3 Å². The van der Waals surface area contributed by atoms with Gasteiger partial charge in [0.1, 0.15) is 5.65 Å². The second-order valence-corrected chi connectivity index (χ2v) is 5.72. The van der Waals surface area contributed by atoms with Crippen molar-refractivity contribution >= 4 is 22.8 Å². The third-order valence-corrected chi connectivity index (χ3v) is 4.54. The van der Waals surface area contributed by atoms with Gasteiger partial charge in [-0.1, -0.05) is 0 Å². The van der Waals surface area contributed by atoms with Crippen LogP contribution in [0.3, 0.4) is 0 Å². The molecule has 1 saturated heterocycles. The molecule has 1 aliphatic rings. The van der Waals surface area contributed by atoms with Crippen molar-refractivity contribution in [1.29, 1.82) is 0 Å². The predicted octanol–water partition coefficient (Wildman–Crippen LogP) is 2.41. The monoisotopic (exact) mass is 247 g/mol. The van der Waals surface area contributed by atoms with E-state index in [0.29, 0.717) is 0 Å². The number of hydrogen-bond donors (Lipinski definition) is 2. The van der Waals surface area contributed by atoms with Gasteiger partial charge in [-0.25, -0.2) is 4.98 Å². The molecule has 0 aromatic carbocycles. The fraction of sp³-hybridized carbons (Fsp3) is 0.462. The minimum Gasteiger partial charge on any atom is -0.346 e. The summed E-state index contributed by atoms with van der Waals surface area (Å²) in [5.74, 6) is 3.52. The van der Waals surface area contributed by atoms with Gasteiger partial charge in [0.15, 0.2) is 0 Å². The molecule has 1 fully saturated rings. The highest BCUT2D eigenvalue weighted by Gasteiger charge is 2.14. The highest BCUT2D eigenvalue weighted by Crippen LogP contribution is 2.22. The fourth-order valence-corrected chi connectivity index (χ4v) is 3.60. The molecule has 0 spiro atoms. The van der Waals surface area contributed by atoms with Gasteiger partial charge in [0.05, 0.1) is 0 Å². The molecular weight excluding hydrogens is 230 g/mol. The molecule has 90 valence electrons. The lowest BCUT2D eigenvalue weighted by Crippen LogP contribution is -2.22. The van der Waals surface area contributed by atoms with Crippen LogP contribution < -0.4 is 5.32 Å². The topological polar surface area (TPSA) is 40.7 Å². The molecule has 1 aliphatic heterocycles. The lowest BCUT2D eigenvalue weighted by molar-refractivity contribution is 0.524. The number of fused-ring (bicyclic) bond motifs is 1. The van der Waals surface area contributed by atoms with E-state index < -0.39 is 0 Å². The first-order valence-electron chi connectivity index (χ1n) is 6.13. The molecule has 3 rings (SSSR count). The van der Waals surface area contributed by atoms with Crippen molar-refractivity contribution in [3.8, 4) is 0 Å². The summed E-state index contributed by atoms with van der Waals surface area (Å²) in [5.41, 5.74) is 2.31. The van der Waals surface area contributed by atoms with Gasteiger partial charge in [-0.05, 0) is 48.1 Å². The Balaban J connectivity index is 1.60. The summed E-state index contributed by atoms with van der Waals surface area (Å²) in [4.78, 5) is 7.51. The van der Waals surface area contributed by atoms with Crippen molar-refractivity contribution in [1.82, 2.24) is 15.3 Å². The van der Waals surface area contributed by atoms with Crippen LogP contribution in [0, 0.1) is 5.92 Å². The molecule has 1 atom stereocenters. The maximum atomic E-state index is 4.30.